The van der Waals surface area contributed by atoms with Crippen LogP contribution < -0.4 is 4.90 Å². The molecule has 112 valence electrons. The van der Waals surface area contributed by atoms with Gasteiger partial charge in [-0.1, -0.05) is 6.92 Å². The Morgan fingerprint density at radius 3 is 2.95 bits per heavy atom. The van der Waals surface area contributed by atoms with E-state index in [1.807, 2.05) is 0 Å². The van der Waals surface area contributed by atoms with Gasteiger partial charge in [0.05, 0.1) is 30.5 Å². The number of ether oxygens (including phenoxy) is 1. The molecule has 3 rings (SSSR count). The van der Waals surface area contributed by atoms with Crippen molar-refractivity contribution in [2.24, 2.45) is 0 Å². The first-order valence-electron chi connectivity index (χ1n) is 7.10. The fourth-order valence-electron chi connectivity index (χ4n) is 2.83. The van der Waals surface area contributed by atoms with E-state index in [1.54, 1.807) is 0 Å². The summed E-state index contributed by atoms with van der Waals surface area (Å²) in [4.78, 5) is 27.6. The highest BCUT2D eigenvalue weighted by Gasteiger charge is 2.37. The number of carbonyl (C=O) groups is 2. The van der Waals surface area contributed by atoms with Gasteiger partial charge in [0.15, 0.2) is 0 Å². The maximum atomic E-state index is 13.4. The van der Waals surface area contributed by atoms with E-state index in [0.29, 0.717) is 18.8 Å². The molecule has 6 heteroatoms. The third-order valence-corrected chi connectivity index (χ3v) is 3.99. The second kappa shape index (κ2) is 5.54. The quantitative estimate of drug-likeness (QED) is 0.782. The van der Waals surface area contributed by atoms with Crippen molar-refractivity contribution in [3.05, 3.63) is 29.6 Å². The van der Waals surface area contributed by atoms with Gasteiger partial charge in [-0.3, -0.25) is 14.5 Å². The van der Waals surface area contributed by atoms with Crippen LogP contribution in [0.4, 0.5) is 10.1 Å². The van der Waals surface area contributed by atoms with Gasteiger partial charge >= 0.3 is 0 Å². The summed E-state index contributed by atoms with van der Waals surface area (Å²) in [5.41, 5.74) is 0.617. The van der Waals surface area contributed by atoms with Crippen molar-refractivity contribution in [1.82, 2.24) is 4.90 Å². The number of carbonyl (C=O) groups excluding carboxylic acids is 2. The molecule has 0 bridgehead atoms. The molecular formula is C15H17FN2O3. The van der Waals surface area contributed by atoms with Crippen molar-refractivity contribution in [2.45, 2.75) is 13.0 Å². The van der Waals surface area contributed by atoms with Crippen molar-refractivity contribution in [2.75, 3.05) is 37.7 Å². The van der Waals surface area contributed by atoms with E-state index < -0.39 is 17.5 Å². The Balaban J connectivity index is 1.81. The van der Waals surface area contributed by atoms with Gasteiger partial charge in [0.2, 0.25) is 0 Å². The van der Waals surface area contributed by atoms with Crippen LogP contribution in [0.2, 0.25) is 0 Å². The predicted molar refractivity (Wildman–Crippen MR) is 74.9 cm³/mol. The fraction of sp³-hybridized carbons (Fsp3) is 0.467. The van der Waals surface area contributed by atoms with Gasteiger partial charge in [-0.15, -0.1) is 0 Å². The zero-order valence-corrected chi connectivity index (χ0v) is 11.8. The van der Waals surface area contributed by atoms with Crippen LogP contribution in [0.25, 0.3) is 0 Å². The Bertz CT molecular complexity index is 590. The van der Waals surface area contributed by atoms with Crippen LogP contribution in [0.5, 0.6) is 0 Å². The highest BCUT2D eigenvalue weighted by Crippen LogP contribution is 2.30. The molecule has 2 heterocycles. The number of hydrogen-bond donors (Lipinski definition) is 0. The van der Waals surface area contributed by atoms with Crippen molar-refractivity contribution in [1.29, 1.82) is 0 Å². The molecule has 2 aliphatic rings. The molecule has 1 aromatic carbocycles. The molecule has 1 aromatic rings. The number of halogens is 1. The Kier molecular flexibility index (Phi) is 3.73. The van der Waals surface area contributed by atoms with Gasteiger partial charge in [-0.2, -0.15) is 0 Å². The number of Topliss-reactive ketones (excluding diaryl/α,β-unsaturated/α-hetero) is 1. The monoisotopic (exact) mass is 292 g/mol. The lowest BCUT2D eigenvalue weighted by Gasteiger charge is -2.34. The number of anilines is 1. The number of rotatable bonds is 3. The van der Waals surface area contributed by atoms with E-state index in [9.17, 15) is 14.0 Å². The van der Waals surface area contributed by atoms with Crippen LogP contribution in [0.3, 0.4) is 0 Å². The molecule has 1 fully saturated rings. The number of hydrogen-bond acceptors (Lipinski definition) is 4. The van der Waals surface area contributed by atoms with E-state index in [0.717, 1.165) is 13.1 Å². The fourth-order valence-corrected chi connectivity index (χ4v) is 2.83. The number of nitrogens with zero attached hydrogens (tertiary/aromatic N) is 2. The van der Waals surface area contributed by atoms with Crippen LogP contribution in [0.1, 0.15) is 17.3 Å². The van der Waals surface area contributed by atoms with Crippen molar-refractivity contribution in [3.8, 4) is 0 Å². The first-order chi connectivity index (χ1) is 10.1. The number of morpholine rings is 1. The second-order valence-corrected chi connectivity index (χ2v) is 5.29. The molecule has 2 aliphatic heterocycles. The van der Waals surface area contributed by atoms with Gasteiger partial charge in [0.1, 0.15) is 5.82 Å². The minimum absolute atomic E-state index is 0.162. The average Bonchev–Trinajstić information content (AvgIpc) is 2.72. The number of amides is 1. The van der Waals surface area contributed by atoms with E-state index in [4.69, 9.17) is 4.74 Å². The highest BCUT2D eigenvalue weighted by molar-refractivity contribution is 6.52. The average molecular weight is 292 g/mol. The molecule has 1 saturated heterocycles. The summed E-state index contributed by atoms with van der Waals surface area (Å²) >= 11 is 0. The number of likely N-dealkylation sites (N-methyl/N-ethyl adjacent to an activating group) is 1. The summed E-state index contributed by atoms with van der Waals surface area (Å²) in [5.74, 6) is -1.64. The normalized spacial score (nSPS) is 22.8. The summed E-state index contributed by atoms with van der Waals surface area (Å²) in [6.45, 7) is 5.43. The smallest absolute Gasteiger partial charge is 0.299 e. The molecule has 1 unspecified atom stereocenters. The largest absolute Gasteiger partial charge is 0.374 e. The van der Waals surface area contributed by atoms with Crippen LogP contribution in [-0.4, -0.2) is 55.5 Å². The lowest BCUT2D eigenvalue weighted by molar-refractivity contribution is -0.115. The molecule has 5 nitrogen and oxygen atoms in total. The SMILES string of the molecule is CCN1CCOC(CN2C(=O)C(=O)c3ccc(F)cc32)C1. The first kappa shape index (κ1) is 14.2. The van der Waals surface area contributed by atoms with Gasteiger partial charge in [0.25, 0.3) is 11.7 Å². The molecule has 0 aliphatic carbocycles. The lowest BCUT2D eigenvalue weighted by atomic mass is 10.1. The molecule has 0 saturated carbocycles. The van der Waals surface area contributed by atoms with Crippen LogP contribution >= 0.6 is 0 Å². The minimum Gasteiger partial charge on any atom is -0.374 e. The zero-order chi connectivity index (χ0) is 15.0. The van der Waals surface area contributed by atoms with E-state index in [-0.39, 0.29) is 18.2 Å². The zero-order valence-electron chi connectivity index (χ0n) is 11.8. The summed E-state index contributed by atoms with van der Waals surface area (Å²) < 4.78 is 19.1. The summed E-state index contributed by atoms with van der Waals surface area (Å²) in [7, 11) is 0. The summed E-state index contributed by atoms with van der Waals surface area (Å²) in [6.07, 6.45) is -0.162. The Morgan fingerprint density at radius 1 is 1.38 bits per heavy atom. The number of fused-ring (bicyclic) bond motifs is 1. The maximum absolute atomic E-state index is 13.4. The van der Waals surface area contributed by atoms with E-state index >= 15 is 0 Å². The third kappa shape index (κ3) is 2.56. The van der Waals surface area contributed by atoms with Gasteiger partial charge in [0, 0.05) is 13.1 Å². The van der Waals surface area contributed by atoms with Crippen LogP contribution in [-0.2, 0) is 9.53 Å². The number of ketones is 1. The standard InChI is InChI=1S/C15H17FN2O3/c1-2-17-5-6-21-11(8-17)9-18-13-7-10(16)3-4-12(13)14(19)15(18)20/h3-4,7,11H,2,5-6,8-9H2,1H3. The minimum atomic E-state index is -0.604. The van der Waals surface area contributed by atoms with E-state index in [2.05, 4.69) is 11.8 Å². The molecule has 0 N–H and O–H groups in total. The highest BCUT2D eigenvalue weighted by atomic mass is 19.1. The van der Waals surface area contributed by atoms with Crippen molar-refractivity contribution < 1.29 is 18.7 Å². The van der Waals surface area contributed by atoms with E-state index in [1.165, 1.54) is 23.1 Å². The third-order valence-electron chi connectivity index (χ3n) is 3.99. The molecule has 0 aromatic heterocycles. The van der Waals surface area contributed by atoms with Gasteiger partial charge in [-0.25, -0.2) is 4.39 Å². The number of benzene rings is 1. The van der Waals surface area contributed by atoms with Gasteiger partial charge < -0.3 is 9.64 Å². The molecule has 21 heavy (non-hydrogen) atoms. The van der Waals surface area contributed by atoms with Crippen LogP contribution in [0, 0.1) is 5.82 Å². The van der Waals surface area contributed by atoms with Crippen molar-refractivity contribution >= 4 is 17.4 Å². The first-order valence-corrected chi connectivity index (χ1v) is 7.10. The topological polar surface area (TPSA) is 49.9 Å². The second-order valence-electron chi connectivity index (χ2n) is 5.29. The maximum Gasteiger partial charge on any atom is 0.299 e. The molecule has 1 amide bonds. The van der Waals surface area contributed by atoms with Crippen LogP contribution in [0.15, 0.2) is 18.2 Å². The molecule has 0 radical (unpaired) electrons. The van der Waals surface area contributed by atoms with Gasteiger partial charge in [-0.05, 0) is 24.7 Å². The Labute approximate surface area is 122 Å². The predicted octanol–water partition coefficient (Wildman–Crippen LogP) is 1.08. The molecule has 0 spiro atoms. The Hall–Kier alpha value is -1.79. The lowest BCUT2D eigenvalue weighted by Crippen LogP contribution is -2.48. The Morgan fingerprint density at radius 2 is 2.19 bits per heavy atom. The molecule has 1 atom stereocenters. The molecular weight excluding hydrogens is 275 g/mol. The summed E-state index contributed by atoms with van der Waals surface area (Å²) in [5, 5.41) is 0. The van der Waals surface area contributed by atoms with Crippen molar-refractivity contribution in [3.63, 3.8) is 0 Å². The summed E-state index contributed by atoms with van der Waals surface area (Å²) in [6, 6.07) is 3.80.